The van der Waals surface area contributed by atoms with Crippen LogP contribution in [0.15, 0.2) is 40.3 Å². The van der Waals surface area contributed by atoms with Gasteiger partial charge in [0.1, 0.15) is 5.76 Å². The van der Waals surface area contributed by atoms with E-state index in [1.165, 1.54) is 4.88 Å². The van der Waals surface area contributed by atoms with Gasteiger partial charge in [0, 0.05) is 11.4 Å². The highest BCUT2D eigenvalue weighted by Crippen LogP contribution is 2.18. The molecule has 1 unspecified atom stereocenters. The molecule has 0 aliphatic carbocycles. The number of amides is 1. The largest absolute Gasteiger partial charge is 0.467 e. The molecule has 1 atom stereocenters. The molecule has 1 amide bonds. The highest BCUT2D eigenvalue weighted by Gasteiger charge is 2.23. The predicted molar refractivity (Wildman–Crippen MR) is 84.7 cm³/mol. The van der Waals surface area contributed by atoms with E-state index in [1.54, 1.807) is 17.6 Å². The third kappa shape index (κ3) is 4.44. The van der Waals surface area contributed by atoms with Crippen LogP contribution in [0.1, 0.15) is 30.4 Å². The van der Waals surface area contributed by atoms with Crippen LogP contribution in [-0.2, 0) is 17.9 Å². The molecular formula is C16H22N2O2S. The van der Waals surface area contributed by atoms with Crippen molar-refractivity contribution in [2.45, 2.75) is 32.9 Å². The van der Waals surface area contributed by atoms with Gasteiger partial charge in [-0.3, -0.25) is 4.79 Å². The third-order valence-electron chi connectivity index (χ3n) is 3.44. The molecule has 0 fully saturated rings. The molecule has 0 spiro atoms. The minimum absolute atomic E-state index is 0.107. The molecule has 0 bridgehead atoms. The Balaban J connectivity index is 2.11. The first-order chi connectivity index (χ1) is 10.2. The Bertz CT molecular complexity index is 486. The fourth-order valence-electron chi connectivity index (χ4n) is 2.34. The van der Waals surface area contributed by atoms with Crippen LogP contribution in [0.3, 0.4) is 0 Å². The summed E-state index contributed by atoms with van der Waals surface area (Å²) in [6.07, 6.45) is 3.42. The molecule has 2 aromatic heterocycles. The fraction of sp³-hybridized carbons (Fsp3) is 0.438. The molecule has 0 radical (unpaired) electrons. The molecule has 0 aliphatic heterocycles. The maximum absolute atomic E-state index is 12.7. The zero-order valence-electron chi connectivity index (χ0n) is 12.3. The Labute approximate surface area is 129 Å². The zero-order chi connectivity index (χ0) is 15.1. The van der Waals surface area contributed by atoms with Gasteiger partial charge >= 0.3 is 0 Å². The Morgan fingerprint density at radius 3 is 2.81 bits per heavy atom. The highest BCUT2D eigenvalue weighted by atomic mass is 32.1. The van der Waals surface area contributed by atoms with Gasteiger partial charge in [-0.2, -0.15) is 0 Å². The number of nitrogens with two attached hydrogens (primary N) is 1. The summed E-state index contributed by atoms with van der Waals surface area (Å²) in [4.78, 5) is 15.7. The van der Waals surface area contributed by atoms with Crippen LogP contribution in [0.25, 0.3) is 0 Å². The van der Waals surface area contributed by atoms with Crippen molar-refractivity contribution in [1.29, 1.82) is 0 Å². The van der Waals surface area contributed by atoms with Crippen molar-refractivity contribution < 1.29 is 9.21 Å². The molecule has 21 heavy (non-hydrogen) atoms. The molecule has 2 rings (SSSR count). The van der Waals surface area contributed by atoms with E-state index in [2.05, 4.69) is 6.92 Å². The van der Waals surface area contributed by atoms with Gasteiger partial charge in [0.2, 0.25) is 5.91 Å². The lowest BCUT2D eigenvalue weighted by Crippen LogP contribution is -2.38. The van der Waals surface area contributed by atoms with Crippen LogP contribution in [0.4, 0.5) is 0 Å². The van der Waals surface area contributed by atoms with E-state index in [0.717, 1.165) is 18.6 Å². The molecule has 2 N–H and O–H groups in total. The summed E-state index contributed by atoms with van der Waals surface area (Å²) in [6.45, 7) is 3.57. The van der Waals surface area contributed by atoms with Crippen molar-refractivity contribution in [3.05, 3.63) is 46.5 Å². The molecule has 5 heteroatoms. The summed E-state index contributed by atoms with van der Waals surface area (Å²) < 4.78 is 5.38. The first-order valence-electron chi connectivity index (χ1n) is 7.28. The van der Waals surface area contributed by atoms with Crippen LogP contribution >= 0.6 is 11.3 Å². The monoisotopic (exact) mass is 306 g/mol. The fourth-order valence-corrected chi connectivity index (χ4v) is 3.06. The summed E-state index contributed by atoms with van der Waals surface area (Å²) in [5.74, 6) is 0.807. The number of hydrogen-bond donors (Lipinski definition) is 1. The number of rotatable bonds is 8. The smallest absolute Gasteiger partial charge is 0.227 e. The summed E-state index contributed by atoms with van der Waals surface area (Å²) in [5, 5.41) is 2.03. The molecule has 0 saturated heterocycles. The SMILES string of the molecule is CCCC(CN)C(=O)N(Cc1ccco1)Cc1cccs1. The number of carbonyl (C=O) groups excluding carboxylic acids is 1. The van der Waals surface area contributed by atoms with E-state index in [4.69, 9.17) is 10.2 Å². The third-order valence-corrected chi connectivity index (χ3v) is 4.30. The summed E-state index contributed by atoms with van der Waals surface area (Å²) in [6, 6.07) is 7.79. The van der Waals surface area contributed by atoms with Crippen molar-refractivity contribution in [3.8, 4) is 0 Å². The van der Waals surface area contributed by atoms with E-state index in [1.807, 2.05) is 34.5 Å². The van der Waals surface area contributed by atoms with Crippen LogP contribution in [0, 0.1) is 5.92 Å². The molecule has 4 nitrogen and oxygen atoms in total. The minimum atomic E-state index is -0.107. The standard InChI is InChI=1S/C16H22N2O2S/c1-2-5-13(10-17)16(19)18(11-14-6-3-8-20-14)12-15-7-4-9-21-15/h3-4,6-9,13H,2,5,10-12,17H2,1H3. The van der Waals surface area contributed by atoms with Crippen molar-refractivity contribution in [1.82, 2.24) is 4.90 Å². The number of furan rings is 1. The highest BCUT2D eigenvalue weighted by molar-refractivity contribution is 7.09. The van der Waals surface area contributed by atoms with Crippen LogP contribution in [-0.4, -0.2) is 17.4 Å². The molecule has 0 saturated carbocycles. The van der Waals surface area contributed by atoms with Gasteiger partial charge in [-0.15, -0.1) is 11.3 Å². The molecule has 2 heterocycles. The second-order valence-corrected chi connectivity index (χ2v) is 6.11. The van der Waals surface area contributed by atoms with Gasteiger partial charge in [-0.05, 0) is 30.0 Å². The molecular weight excluding hydrogens is 284 g/mol. The van der Waals surface area contributed by atoms with Gasteiger partial charge in [0.05, 0.1) is 25.3 Å². The van der Waals surface area contributed by atoms with Crippen molar-refractivity contribution in [3.63, 3.8) is 0 Å². The van der Waals surface area contributed by atoms with Crippen LogP contribution in [0.5, 0.6) is 0 Å². The number of thiophene rings is 1. The lowest BCUT2D eigenvalue weighted by molar-refractivity contribution is -0.137. The lowest BCUT2D eigenvalue weighted by Gasteiger charge is -2.25. The Morgan fingerprint density at radius 2 is 2.24 bits per heavy atom. The summed E-state index contributed by atoms with van der Waals surface area (Å²) >= 11 is 1.66. The Morgan fingerprint density at radius 1 is 1.38 bits per heavy atom. The second kappa shape index (κ2) is 8.00. The van der Waals surface area contributed by atoms with Gasteiger partial charge in [0.25, 0.3) is 0 Å². The number of hydrogen-bond acceptors (Lipinski definition) is 4. The second-order valence-electron chi connectivity index (χ2n) is 5.07. The van der Waals surface area contributed by atoms with Gasteiger partial charge in [0.15, 0.2) is 0 Å². The lowest BCUT2D eigenvalue weighted by atomic mass is 10.0. The van der Waals surface area contributed by atoms with E-state index >= 15 is 0 Å². The van der Waals surface area contributed by atoms with Crippen molar-refractivity contribution in [2.24, 2.45) is 11.7 Å². The van der Waals surface area contributed by atoms with E-state index in [-0.39, 0.29) is 11.8 Å². The van der Waals surface area contributed by atoms with Gasteiger partial charge < -0.3 is 15.1 Å². The maximum atomic E-state index is 12.7. The van der Waals surface area contributed by atoms with Crippen molar-refractivity contribution in [2.75, 3.05) is 6.54 Å². The Kier molecular flexibility index (Phi) is 6.02. The topological polar surface area (TPSA) is 59.5 Å². The average Bonchev–Trinajstić information content (AvgIpc) is 3.17. The van der Waals surface area contributed by atoms with Crippen LogP contribution < -0.4 is 5.73 Å². The molecule has 2 aromatic rings. The van der Waals surface area contributed by atoms with E-state index in [0.29, 0.717) is 19.6 Å². The molecule has 0 aliphatic rings. The van der Waals surface area contributed by atoms with E-state index in [9.17, 15) is 4.79 Å². The quantitative estimate of drug-likeness (QED) is 0.814. The summed E-state index contributed by atoms with van der Waals surface area (Å²) in [7, 11) is 0. The average molecular weight is 306 g/mol. The summed E-state index contributed by atoms with van der Waals surface area (Å²) in [5.41, 5.74) is 5.78. The van der Waals surface area contributed by atoms with Crippen LogP contribution in [0.2, 0.25) is 0 Å². The zero-order valence-corrected chi connectivity index (χ0v) is 13.1. The normalized spacial score (nSPS) is 12.3. The molecule has 0 aromatic carbocycles. The molecule has 114 valence electrons. The van der Waals surface area contributed by atoms with E-state index < -0.39 is 0 Å². The number of nitrogens with zero attached hydrogens (tertiary/aromatic N) is 1. The van der Waals surface area contributed by atoms with Gasteiger partial charge in [-0.1, -0.05) is 19.4 Å². The maximum Gasteiger partial charge on any atom is 0.227 e. The number of carbonyl (C=O) groups is 1. The van der Waals surface area contributed by atoms with Crippen molar-refractivity contribution >= 4 is 17.2 Å². The first-order valence-corrected chi connectivity index (χ1v) is 8.16. The van der Waals surface area contributed by atoms with Gasteiger partial charge in [-0.25, -0.2) is 0 Å². The first kappa shape index (κ1) is 15.8. The predicted octanol–water partition coefficient (Wildman–Crippen LogP) is 3.24. The minimum Gasteiger partial charge on any atom is -0.467 e. The Hall–Kier alpha value is -1.59.